The van der Waals surface area contributed by atoms with Gasteiger partial charge in [-0.25, -0.2) is 0 Å². The van der Waals surface area contributed by atoms with E-state index >= 15 is 0 Å². The summed E-state index contributed by atoms with van der Waals surface area (Å²) in [6.45, 7) is 3.58. The molecule has 11 heavy (non-hydrogen) atoms. The summed E-state index contributed by atoms with van der Waals surface area (Å²) in [5.41, 5.74) is -0.830. The van der Waals surface area contributed by atoms with Crippen LogP contribution in [0.3, 0.4) is 0 Å². The molecule has 0 radical (unpaired) electrons. The average molecular weight is 223 g/mol. The van der Waals surface area contributed by atoms with Gasteiger partial charge in [-0.3, -0.25) is 4.79 Å². The minimum absolute atomic E-state index is 0.212. The predicted molar refractivity (Wildman–Crippen MR) is 44.6 cm³/mol. The van der Waals surface area contributed by atoms with E-state index in [1.165, 1.54) is 0 Å². The van der Waals surface area contributed by atoms with Gasteiger partial charge in [0.05, 0.1) is 6.61 Å². The SMILES string of the molecule is CC(C)(OCCC=O)C(=O)Br. The molecule has 0 amide bonds. The van der Waals surface area contributed by atoms with E-state index < -0.39 is 5.60 Å². The van der Waals surface area contributed by atoms with Crippen molar-refractivity contribution in [2.45, 2.75) is 25.9 Å². The second-order valence-electron chi connectivity index (χ2n) is 2.59. The molecule has 0 aromatic rings. The van der Waals surface area contributed by atoms with Crippen LogP contribution in [0.4, 0.5) is 0 Å². The highest BCUT2D eigenvalue weighted by Crippen LogP contribution is 2.14. The molecular weight excluding hydrogens is 212 g/mol. The minimum Gasteiger partial charge on any atom is -0.366 e. The quantitative estimate of drug-likeness (QED) is 0.400. The molecule has 0 heterocycles. The summed E-state index contributed by atoms with van der Waals surface area (Å²) in [7, 11) is 0. The molecule has 0 aliphatic heterocycles. The molecule has 0 saturated heterocycles. The Morgan fingerprint density at radius 3 is 2.55 bits per heavy atom. The van der Waals surface area contributed by atoms with Gasteiger partial charge in [0.15, 0.2) is 0 Å². The van der Waals surface area contributed by atoms with E-state index in [1.807, 2.05) is 0 Å². The number of carbonyl (C=O) groups is 2. The standard InChI is InChI=1S/C7H11BrO3/c1-7(2,6(8)10)11-5-3-4-9/h4H,3,5H2,1-2H3. The Morgan fingerprint density at radius 1 is 1.64 bits per heavy atom. The van der Waals surface area contributed by atoms with Crippen LogP contribution in [-0.2, 0) is 14.3 Å². The van der Waals surface area contributed by atoms with Crippen LogP contribution in [-0.4, -0.2) is 23.2 Å². The van der Waals surface area contributed by atoms with E-state index in [0.29, 0.717) is 6.42 Å². The van der Waals surface area contributed by atoms with Gasteiger partial charge in [-0.2, -0.15) is 0 Å². The van der Waals surface area contributed by atoms with Crippen LogP contribution in [0, 0.1) is 0 Å². The second-order valence-corrected chi connectivity index (χ2v) is 3.31. The first-order valence-electron chi connectivity index (χ1n) is 3.28. The summed E-state index contributed by atoms with van der Waals surface area (Å²) in [4.78, 5) is 20.6. The predicted octanol–water partition coefficient (Wildman–Crippen LogP) is 1.29. The molecule has 0 unspecified atom stereocenters. The Balaban J connectivity index is 3.72. The second kappa shape index (κ2) is 4.62. The first kappa shape index (κ1) is 10.8. The molecular formula is C7H11BrO3. The Hall–Kier alpha value is -0.220. The lowest BCUT2D eigenvalue weighted by Gasteiger charge is -2.19. The zero-order valence-electron chi connectivity index (χ0n) is 6.59. The van der Waals surface area contributed by atoms with Gasteiger partial charge in [-0.05, 0) is 29.8 Å². The molecule has 0 aliphatic carbocycles. The molecule has 0 aliphatic rings. The van der Waals surface area contributed by atoms with Crippen molar-refractivity contribution in [2.75, 3.05) is 6.61 Å². The van der Waals surface area contributed by atoms with Crippen molar-refractivity contribution in [3.05, 3.63) is 0 Å². The Labute approximate surface area is 74.2 Å². The van der Waals surface area contributed by atoms with Crippen molar-refractivity contribution in [1.29, 1.82) is 0 Å². The molecule has 64 valence electrons. The summed E-state index contributed by atoms with van der Waals surface area (Å²) in [5.74, 6) is 0. The highest BCUT2D eigenvalue weighted by Gasteiger charge is 2.25. The van der Waals surface area contributed by atoms with Crippen molar-refractivity contribution < 1.29 is 14.3 Å². The van der Waals surface area contributed by atoms with Crippen LogP contribution in [0.5, 0.6) is 0 Å². The molecule has 0 aromatic heterocycles. The molecule has 0 spiro atoms. The number of hydrogen-bond donors (Lipinski definition) is 0. The van der Waals surface area contributed by atoms with Gasteiger partial charge >= 0.3 is 0 Å². The number of ether oxygens (including phenoxy) is 1. The lowest BCUT2D eigenvalue weighted by Crippen LogP contribution is -2.31. The maximum atomic E-state index is 10.8. The zero-order valence-corrected chi connectivity index (χ0v) is 8.18. The van der Waals surface area contributed by atoms with Crippen LogP contribution in [0.25, 0.3) is 0 Å². The summed E-state index contributed by atoms with van der Waals surface area (Å²) in [6, 6.07) is 0. The smallest absolute Gasteiger partial charge is 0.228 e. The monoisotopic (exact) mass is 222 g/mol. The van der Waals surface area contributed by atoms with Gasteiger partial charge in [0.1, 0.15) is 11.9 Å². The van der Waals surface area contributed by atoms with E-state index in [9.17, 15) is 9.59 Å². The summed E-state index contributed by atoms with van der Waals surface area (Å²) < 4.78 is 4.89. The van der Waals surface area contributed by atoms with Crippen molar-refractivity contribution >= 4 is 26.9 Å². The van der Waals surface area contributed by atoms with Crippen molar-refractivity contribution in [3.8, 4) is 0 Å². The summed E-state index contributed by atoms with van der Waals surface area (Å²) in [5, 5.41) is 0. The summed E-state index contributed by atoms with van der Waals surface area (Å²) in [6.07, 6.45) is 1.08. The van der Waals surface area contributed by atoms with Crippen molar-refractivity contribution in [1.82, 2.24) is 0 Å². The third-order valence-corrected chi connectivity index (χ3v) is 2.13. The third kappa shape index (κ3) is 4.27. The van der Waals surface area contributed by atoms with Gasteiger partial charge in [0.2, 0.25) is 4.69 Å². The number of aldehydes is 1. The van der Waals surface area contributed by atoms with Gasteiger partial charge in [-0.15, -0.1) is 0 Å². The molecule has 0 bridgehead atoms. The third-order valence-electron chi connectivity index (χ3n) is 1.17. The van der Waals surface area contributed by atoms with E-state index in [4.69, 9.17) is 4.74 Å². The minimum atomic E-state index is -0.830. The largest absolute Gasteiger partial charge is 0.366 e. The zero-order chi connectivity index (χ0) is 8.91. The van der Waals surface area contributed by atoms with Crippen LogP contribution >= 0.6 is 15.9 Å². The molecule has 0 rings (SSSR count). The first-order chi connectivity index (χ1) is 5.00. The first-order valence-corrected chi connectivity index (χ1v) is 4.07. The van der Waals surface area contributed by atoms with E-state index in [-0.39, 0.29) is 11.3 Å². The van der Waals surface area contributed by atoms with Crippen LogP contribution in [0.2, 0.25) is 0 Å². The lowest BCUT2D eigenvalue weighted by molar-refractivity contribution is -0.131. The normalized spacial score (nSPS) is 11.2. The van der Waals surface area contributed by atoms with E-state index in [0.717, 1.165) is 6.29 Å². The maximum Gasteiger partial charge on any atom is 0.228 e. The van der Waals surface area contributed by atoms with Crippen LogP contribution < -0.4 is 0 Å². The maximum absolute atomic E-state index is 10.8. The van der Waals surface area contributed by atoms with E-state index in [2.05, 4.69) is 15.9 Å². The molecule has 0 fully saturated rings. The Morgan fingerprint density at radius 2 is 2.18 bits per heavy atom. The fourth-order valence-electron chi connectivity index (χ4n) is 0.419. The Bertz CT molecular complexity index is 154. The number of halogens is 1. The molecule has 0 saturated carbocycles. The van der Waals surface area contributed by atoms with Crippen LogP contribution in [0.15, 0.2) is 0 Å². The fourth-order valence-corrected chi connectivity index (χ4v) is 0.533. The molecule has 4 heteroatoms. The van der Waals surface area contributed by atoms with Crippen molar-refractivity contribution in [3.63, 3.8) is 0 Å². The number of carbonyl (C=O) groups excluding carboxylic acids is 2. The molecule has 0 aromatic carbocycles. The number of rotatable bonds is 5. The van der Waals surface area contributed by atoms with Gasteiger partial charge in [0.25, 0.3) is 0 Å². The van der Waals surface area contributed by atoms with Crippen LogP contribution in [0.1, 0.15) is 20.3 Å². The number of hydrogen-bond acceptors (Lipinski definition) is 3. The van der Waals surface area contributed by atoms with Gasteiger partial charge in [0, 0.05) is 6.42 Å². The van der Waals surface area contributed by atoms with Crippen molar-refractivity contribution in [2.24, 2.45) is 0 Å². The topological polar surface area (TPSA) is 43.4 Å². The van der Waals surface area contributed by atoms with Gasteiger partial charge in [-0.1, -0.05) is 0 Å². The lowest BCUT2D eigenvalue weighted by atomic mass is 10.2. The summed E-state index contributed by atoms with van der Waals surface area (Å²) >= 11 is 2.80. The molecule has 0 atom stereocenters. The highest BCUT2D eigenvalue weighted by molar-refractivity contribution is 9.18. The average Bonchev–Trinajstić information content (AvgIpc) is 1.88. The van der Waals surface area contributed by atoms with E-state index in [1.54, 1.807) is 13.8 Å². The highest BCUT2D eigenvalue weighted by atomic mass is 79.9. The molecule has 0 N–H and O–H groups in total. The fraction of sp³-hybridized carbons (Fsp3) is 0.714. The Kier molecular flexibility index (Phi) is 4.52. The molecule has 3 nitrogen and oxygen atoms in total. The van der Waals surface area contributed by atoms with Gasteiger partial charge < -0.3 is 9.53 Å².